The second-order valence-corrected chi connectivity index (χ2v) is 5.42. The molecule has 1 aliphatic carbocycles. The molecule has 1 aliphatic rings. The molecule has 100 valence electrons. The quantitative estimate of drug-likeness (QED) is 0.365. The van der Waals surface area contributed by atoms with E-state index in [2.05, 4.69) is 9.89 Å². The average Bonchev–Trinajstić information content (AvgIpc) is 2.34. The van der Waals surface area contributed by atoms with Crippen molar-refractivity contribution in [3.8, 4) is 0 Å². The van der Waals surface area contributed by atoms with Crippen LogP contribution in [0.25, 0.3) is 0 Å². The molecule has 0 aromatic heterocycles. The summed E-state index contributed by atoms with van der Waals surface area (Å²) in [7, 11) is 1.74. The van der Waals surface area contributed by atoms with E-state index >= 15 is 0 Å². The predicted octanol–water partition coefficient (Wildman–Crippen LogP) is 3.59. The van der Waals surface area contributed by atoms with Gasteiger partial charge in [-0.1, -0.05) is 31.5 Å². The van der Waals surface area contributed by atoms with Crippen molar-refractivity contribution in [2.45, 2.75) is 52.0 Å². The van der Waals surface area contributed by atoms with Gasteiger partial charge in [0.2, 0.25) is 0 Å². The molecule has 0 amide bonds. The summed E-state index contributed by atoms with van der Waals surface area (Å²) < 4.78 is 0. The second-order valence-electron chi connectivity index (χ2n) is 4.81. The Bertz CT molecular complexity index is 365. The summed E-state index contributed by atoms with van der Waals surface area (Å²) in [6.07, 6.45) is 9.95. The maximum absolute atomic E-state index is 7.95. The third-order valence-corrected chi connectivity index (χ3v) is 3.54. The van der Waals surface area contributed by atoms with Gasteiger partial charge in [0, 0.05) is 35.9 Å². The Labute approximate surface area is 115 Å². The van der Waals surface area contributed by atoms with Crippen LogP contribution in [0.3, 0.4) is 0 Å². The summed E-state index contributed by atoms with van der Waals surface area (Å²) in [6.45, 7) is 3.74. The zero-order valence-electron chi connectivity index (χ0n) is 11.6. The van der Waals surface area contributed by atoms with Crippen molar-refractivity contribution in [2.24, 2.45) is 4.99 Å². The van der Waals surface area contributed by atoms with Crippen LogP contribution < -0.4 is 0 Å². The fourth-order valence-electron chi connectivity index (χ4n) is 2.34. The molecular weight excluding hydrogens is 242 g/mol. The second kappa shape index (κ2) is 7.41. The lowest BCUT2D eigenvalue weighted by Crippen LogP contribution is -2.36. The largest absolute Gasteiger partial charge is 0.333 e. The Hall–Kier alpha value is -1.03. The van der Waals surface area contributed by atoms with Gasteiger partial charge < -0.3 is 4.90 Å². The highest BCUT2D eigenvalue weighted by Crippen LogP contribution is 2.23. The minimum absolute atomic E-state index is 0.450. The molecule has 0 aromatic rings. The van der Waals surface area contributed by atoms with Gasteiger partial charge in [-0.05, 0) is 26.7 Å². The molecule has 0 saturated heterocycles. The Morgan fingerprint density at radius 3 is 2.33 bits per heavy atom. The molecule has 1 N–H and O–H groups in total. The molecule has 0 spiro atoms. The van der Waals surface area contributed by atoms with Crippen LogP contribution in [0.2, 0.25) is 0 Å². The van der Waals surface area contributed by atoms with Crippen LogP contribution >= 0.6 is 12.2 Å². The van der Waals surface area contributed by atoms with Gasteiger partial charge in [0.15, 0.2) is 0 Å². The lowest BCUT2D eigenvalue weighted by Gasteiger charge is -2.33. The monoisotopic (exact) mass is 265 g/mol. The van der Waals surface area contributed by atoms with Crippen molar-refractivity contribution >= 4 is 29.1 Å². The zero-order chi connectivity index (χ0) is 13.5. The highest BCUT2D eigenvalue weighted by atomic mass is 32.1. The number of nitrogens with zero attached hydrogens (tertiary/aromatic N) is 2. The maximum atomic E-state index is 7.95. The molecule has 1 saturated carbocycles. The standard InChI is InChI=1S/C14H23N3S/c1-11(18)13(9-16-3)10-17(12(2)15)14-7-5-4-6-8-14/h9-10,14-15H,4-8H2,1-3H3/b13-10+,15-12?,16-9?. The smallest absolute Gasteiger partial charge is 0.0968 e. The van der Waals surface area contributed by atoms with Crippen molar-refractivity contribution in [2.75, 3.05) is 7.05 Å². The average molecular weight is 265 g/mol. The fraction of sp³-hybridized carbons (Fsp3) is 0.643. The lowest BCUT2D eigenvalue weighted by molar-refractivity contribution is 0.297. The van der Waals surface area contributed by atoms with E-state index in [1.54, 1.807) is 13.3 Å². The molecule has 0 heterocycles. The van der Waals surface area contributed by atoms with Crippen LogP contribution in [0.5, 0.6) is 0 Å². The number of thiocarbonyl (C=S) groups is 1. The van der Waals surface area contributed by atoms with E-state index in [4.69, 9.17) is 17.6 Å². The number of hydrogen-bond donors (Lipinski definition) is 1. The van der Waals surface area contributed by atoms with E-state index in [1.165, 1.54) is 32.1 Å². The van der Waals surface area contributed by atoms with Gasteiger partial charge in [-0.25, -0.2) is 0 Å². The van der Waals surface area contributed by atoms with Gasteiger partial charge in [-0.15, -0.1) is 0 Å². The minimum Gasteiger partial charge on any atom is -0.333 e. The predicted molar refractivity (Wildman–Crippen MR) is 82.9 cm³/mol. The summed E-state index contributed by atoms with van der Waals surface area (Å²) in [6, 6.07) is 0.450. The number of allylic oxidation sites excluding steroid dienone is 1. The normalized spacial score (nSPS) is 18.1. The molecule has 0 atom stereocenters. The van der Waals surface area contributed by atoms with Crippen molar-refractivity contribution in [1.29, 1.82) is 5.41 Å². The molecule has 1 rings (SSSR count). The highest BCUT2D eigenvalue weighted by Gasteiger charge is 2.20. The first-order chi connectivity index (χ1) is 8.56. The van der Waals surface area contributed by atoms with Crippen LogP contribution in [-0.2, 0) is 0 Å². The maximum Gasteiger partial charge on any atom is 0.0968 e. The van der Waals surface area contributed by atoms with Crippen molar-refractivity contribution < 1.29 is 0 Å². The SMILES string of the molecule is CN=C/C(=C\N(C(C)=N)C1CCCCC1)C(C)=S. The van der Waals surface area contributed by atoms with Crippen molar-refractivity contribution in [3.05, 3.63) is 11.8 Å². The summed E-state index contributed by atoms with van der Waals surface area (Å²) in [5.74, 6) is 0.583. The summed E-state index contributed by atoms with van der Waals surface area (Å²) >= 11 is 5.23. The molecule has 0 aliphatic heterocycles. The van der Waals surface area contributed by atoms with Crippen LogP contribution in [0.15, 0.2) is 16.8 Å². The highest BCUT2D eigenvalue weighted by molar-refractivity contribution is 7.80. The first kappa shape index (κ1) is 15.0. The number of amidine groups is 1. The Morgan fingerprint density at radius 2 is 1.89 bits per heavy atom. The molecule has 0 bridgehead atoms. The third-order valence-electron chi connectivity index (χ3n) is 3.31. The third kappa shape index (κ3) is 4.33. The Balaban J connectivity index is 2.92. The summed E-state index contributed by atoms with van der Waals surface area (Å²) in [4.78, 5) is 6.92. The van der Waals surface area contributed by atoms with E-state index in [-0.39, 0.29) is 0 Å². The van der Waals surface area contributed by atoms with E-state index < -0.39 is 0 Å². The molecular formula is C14H23N3S. The molecule has 3 nitrogen and oxygen atoms in total. The van der Waals surface area contributed by atoms with Gasteiger partial charge in [0.05, 0.1) is 5.84 Å². The van der Waals surface area contributed by atoms with Gasteiger partial charge in [0.25, 0.3) is 0 Å². The molecule has 0 radical (unpaired) electrons. The molecule has 0 aromatic carbocycles. The summed E-state index contributed by atoms with van der Waals surface area (Å²) in [5.41, 5.74) is 0.935. The minimum atomic E-state index is 0.450. The zero-order valence-corrected chi connectivity index (χ0v) is 12.4. The summed E-state index contributed by atoms with van der Waals surface area (Å²) in [5, 5.41) is 7.95. The fourth-order valence-corrected chi connectivity index (χ4v) is 2.44. The first-order valence-electron chi connectivity index (χ1n) is 6.54. The van der Waals surface area contributed by atoms with Gasteiger partial charge >= 0.3 is 0 Å². The first-order valence-corrected chi connectivity index (χ1v) is 6.95. The number of nitrogens with one attached hydrogen (secondary N) is 1. The number of aliphatic imine (C=N–C) groups is 1. The van der Waals surface area contributed by atoms with Gasteiger partial charge in [-0.3, -0.25) is 10.4 Å². The van der Waals surface area contributed by atoms with Gasteiger partial charge in [0.1, 0.15) is 0 Å². The van der Waals surface area contributed by atoms with E-state index in [0.29, 0.717) is 11.9 Å². The number of rotatable bonds is 4. The van der Waals surface area contributed by atoms with Crippen LogP contribution in [-0.4, -0.2) is 34.9 Å². The van der Waals surface area contributed by atoms with Crippen molar-refractivity contribution in [1.82, 2.24) is 4.90 Å². The van der Waals surface area contributed by atoms with Crippen LogP contribution in [0, 0.1) is 5.41 Å². The van der Waals surface area contributed by atoms with Crippen molar-refractivity contribution in [3.63, 3.8) is 0 Å². The molecule has 1 fully saturated rings. The Kier molecular flexibility index (Phi) is 6.19. The molecule has 18 heavy (non-hydrogen) atoms. The topological polar surface area (TPSA) is 39.5 Å². The lowest BCUT2D eigenvalue weighted by atomic mass is 9.94. The molecule has 0 unspecified atom stereocenters. The van der Waals surface area contributed by atoms with E-state index in [1.807, 2.05) is 20.0 Å². The van der Waals surface area contributed by atoms with E-state index in [0.717, 1.165) is 10.4 Å². The molecule has 4 heteroatoms. The Morgan fingerprint density at radius 1 is 1.28 bits per heavy atom. The van der Waals surface area contributed by atoms with E-state index in [9.17, 15) is 0 Å². The van der Waals surface area contributed by atoms with Gasteiger partial charge in [-0.2, -0.15) is 0 Å². The number of hydrogen-bond acceptors (Lipinski definition) is 3. The van der Waals surface area contributed by atoms with Crippen LogP contribution in [0.4, 0.5) is 0 Å². The van der Waals surface area contributed by atoms with Crippen LogP contribution in [0.1, 0.15) is 46.0 Å².